The molecule has 4 N–H and O–H groups in total. The number of hydrogen-bond donors (Lipinski definition) is 3. The first-order valence-electron chi connectivity index (χ1n) is 3.63. The number of dihydropyridines is 1. The summed E-state index contributed by atoms with van der Waals surface area (Å²) in [5.74, 6) is -0.468. The SMILES string of the molecule is NC(=O)C1ONC2=C1CNC=C2. The van der Waals surface area contributed by atoms with Gasteiger partial charge in [0, 0.05) is 12.1 Å². The summed E-state index contributed by atoms with van der Waals surface area (Å²) in [6.07, 6.45) is 2.97. The van der Waals surface area contributed by atoms with Crippen molar-refractivity contribution in [1.29, 1.82) is 0 Å². The van der Waals surface area contributed by atoms with Crippen molar-refractivity contribution in [1.82, 2.24) is 10.8 Å². The van der Waals surface area contributed by atoms with Gasteiger partial charge in [-0.1, -0.05) is 0 Å². The third-order valence-corrected chi connectivity index (χ3v) is 1.87. The molecule has 2 rings (SSSR count). The number of hydroxylamine groups is 1. The van der Waals surface area contributed by atoms with Gasteiger partial charge in [0.25, 0.3) is 5.91 Å². The normalized spacial score (nSPS) is 26.2. The second-order valence-electron chi connectivity index (χ2n) is 2.66. The fourth-order valence-corrected chi connectivity index (χ4v) is 1.27. The molecule has 5 nitrogen and oxygen atoms in total. The maximum Gasteiger partial charge on any atom is 0.253 e. The molecule has 1 unspecified atom stereocenters. The van der Waals surface area contributed by atoms with E-state index in [-0.39, 0.29) is 0 Å². The zero-order valence-corrected chi connectivity index (χ0v) is 6.33. The Labute approximate surface area is 69.2 Å². The van der Waals surface area contributed by atoms with Crippen LogP contribution in [0.2, 0.25) is 0 Å². The molecule has 0 radical (unpaired) electrons. The van der Waals surface area contributed by atoms with Crippen LogP contribution in [0.25, 0.3) is 0 Å². The number of nitrogens with two attached hydrogens (primary N) is 1. The summed E-state index contributed by atoms with van der Waals surface area (Å²) in [5, 5.41) is 2.97. The molecule has 64 valence electrons. The van der Waals surface area contributed by atoms with Crippen molar-refractivity contribution in [2.75, 3.05) is 6.54 Å². The molecule has 0 aliphatic carbocycles. The summed E-state index contributed by atoms with van der Waals surface area (Å²) in [6, 6.07) is 0. The fourth-order valence-electron chi connectivity index (χ4n) is 1.27. The number of allylic oxidation sites excluding steroid dienone is 1. The summed E-state index contributed by atoms with van der Waals surface area (Å²) < 4.78 is 0. The van der Waals surface area contributed by atoms with Crippen LogP contribution in [0.5, 0.6) is 0 Å². The van der Waals surface area contributed by atoms with Gasteiger partial charge in [-0.3, -0.25) is 15.1 Å². The largest absolute Gasteiger partial charge is 0.387 e. The van der Waals surface area contributed by atoms with Crippen molar-refractivity contribution in [3.05, 3.63) is 23.5 Å². The van der Waals surface area contributed by atoms with Crippen molar-refractivity contribution in [3.8, 4) is 0 Å². The quantitative estimate of drug-likeness (QED) is 0.456. The van der Waals surface area contributed by atoms with Crippen LogP contribution in [0, 0.1) is 0 Å². The molecular formula is C7H9N3O2. The van der Waals surface area contributed by atoms with Crippen LogP contribution in [0.1, 0.15) is 0 Å². The van der Waals surface area contributed by atoms with Crippen LogP contribution < -0.4 is 16.5 Å². The summed E-state index contributed by atoms with van der Waals surface area (Å²) in [5.41, 5.74) is 9.45. The van der Waals surface area contributed by atoms with Gasteiger partial charge in [0.15, 0.2) is 6.10 Å². The lowest BCUT2D eigenvalue weighted by molar-refractivity contribution is -0.128. The first-order chi connectivity index (χ1) is 5.79. The molecule has 0 spiro atoms. The third-order valence-electron chi connectivity index (χ3n) is 1.87. The average molecular weight is 167 g/mol. The highest BCUT2D eigenvalue weighted by atomic mass is 16.7. The fraction of sp³-hybridized carbons (Fsp3) is 0.286. The molecule has 0 aromatic rings. The highest BCUT2D eigenvalue weighted by molar-refractivity contribution is 5.83. The second kappa shape index (κ2) is 2.53. The third kappa shape index (κ3) is 0.947. The Morgan fingerprint density at radius 1 is 1.75 bits per heavy atom. The van der Waals surface area contributed by atoms with Gasteiger partial charge in [-0.25, -0.2) is 0 Å². The van der Waals surface area contributed by atoms with Crippen molar-refractivity contribution >= 4 is 5.91 Å². The predicted octanol–water partition coefficient (Wildman–Crippen LogP) is -1.25. The number of nitrogens with one attached hydrogen (secondary N) is 2. The van der Waals surface area contributed by atoms with Crippen LogP contribution in [0.15, 0.2) is 23.5 Å². The number of primary amides is 1. The summed E-state index contributed by atoms with van der Waals surface area (Å²) in [7, 11) is 0. The lowest BCUT2D eigenvalue weighted by atomic mass is 10.1. The summed E-state index contributed by atoms with van der Waals surface area (Å²) in [6.45, 7) is 0.604. The summed E-state index contributed by atoms with van der Waals surface area (Å²) in [4.78, 5) is 15.8. The van der Waals surface area contributed by atoms with Crippen LogP contribution in [-0.2, 0) is 9.63 Å². The zero-order chi connectivity index (χ0) is 8.55. The number of carbonyl (C=O) groups is 1. The van der Waals surface area contributed by atoms with Gasteiger partial charge in [-0.05, 0) is 12.3 Å². The Morgan fingerprint density at radius 3 is 3.33 bits per heavy atom. The Bertz CT molecular complexity index is 282. The van der Waals surface area contributed by atoms with E-state index in [0.29, 0.717) is 6.54 Å². The van der Waals surface area contributed by atoms with E-state index in [1.165, 1.54) is 0 Å². The second-order valence-corrected chi connectivity index (χ2v) is 2.66. The predicted molar refractivity (Wildman–Crippen MR) is 41.4 cm³/mol. The lowest BCUT2D eigenvalue weighted by Gasteiger charge is -2.10. The molecule has 2 aliphatic rings. The molecule has 0 aromatic carbocycles. The van der Waals surface area contributed by atoms with E-state index in [4.69, 9.17) is 10.6 Å². The standard InChI is InChI=1S/C7H9N3O2/c8-7(11)6-4-3-9-2-1-5(4)10-12-6/h1-2,6,9-10H,3H2,(H2,8,11). The summed E-state index contributed by atoms with van der Waals surface area (Å²) >= 11 is 0. The number of rotatable bonds is 1. The minimum Gasteiger partial charge on any atom is -0.387 e. The maximum atomic E-state index is 10.8. The van der Waals surface area contributed by atoms with Crippen molar-refractivity contribution in [2.24, 2.45) is 5.73 Å². The van der Waals surface area contributed by atoms with E-state index in [1.54, 1.807) is 6.20 Å². The van der Waals surface area contributed by atoms with Gasteiger partial charge < -0.3 is 11.1 Å². The molecule has 0 fully saturated rings. The monoisotopic (exact) mass is 167 g/mol. The topological polar surface area (TPSA) is 76.4 Å². The van der Waals surface area contributed by atoms with E-state index in [9.17, 15) is 4.79 Å². The molecule has 1 atom stereocenters. The van der Waals surface area contributed by atoms with E-state index < -0.39 is 12.0 Å². The van der Waals surface area contributed by atoms with Crippen molar-refractivity contribution in [3.63, 3.8) is 0 Å². The molecule has 0 saturated heterocycles. The van der Waals surface area contributed by atoms with Crippen molar-refractivity contribution < 1.29 is 9.63 Å². The molecule has 2 heterocycles. The van der Waals surface area contributed by atoms with Gasteiger partial charge in [-0.15, -0.1) is 0 Å². The minimum absolute atomic E-state index is 0.468. The highest BCUT2D eigenvalue weighted by Crippen LogP contribution is 2.19. The number of carbonyl (C=O) groups excluding carboxylic acids is 1. The first-order valence-corrected chi connectivity index (χ1v) is 3.63. The lowest BCUT2D eigenvalue weighted by Crippen LogP contribution is -2.34. The molecule has 0 aromatic heterocycles. The van der Waals surface area contributed by atoms with Crippen LogP contribution >= 0.6 is 0 Å². The highest BCUT2D eigenvalue weighted by Gasteiger charge is 2.30. The van der Waals surface area contributed by atoms with Gasteiger partial charge >= 0.3 is 0 Å². The Hall–Kier alpha value is -1.49. The number of amides is 1. The van der Waals surface area contributed by atoms with Crippen LogP contribution in [0.4, 0.5) is 0 Å². The Morgan fingerprint density at radius 2 is 2.58 bits per heavy atom. The van der Waals surface area contributed by atoms with E-state index >= 15 is 0 Å². The van der Waals surface area contributed by atoms with Gasteiger partial charge in [-0.2, -0.15) is 0 Å². The maximum absolute atomic E-state index is 10.8. The zero-order valence-electron chi connectivity index (χ0n) is 6.33. The molecule has 0 saturated carbocycles. The van der Waals surface area contributed by atoms with Crippen LogP contribution in [-0.4, -0.2) is 18.6 Å². The van der Waals surface area contributed by atoms with Gasteiger partial charge in [0.2, 0.25) is 0 Å². The number of hydrogen-bond acceptors (Lipinski definition) is 4. The van der Waals surface area contributed by atoms with Gasteiger partial charge in [0.1, 0.15) is 0 Å². The van der Waals surface area contributed by atoms with Crippen molar-refractivity contribution in [2.45, 2.75) is 6.10 Å². The van der Waals surface area contributed by atoms with E-state index in [1.807, 2.05) is 6.08 Å². The molecule has 0 bridgehead atoms. The molecular weight excluding hydrogens is 158 g/mol. The molecule has 5 heteroatoms. The molecule has 12 heavy (non-hydrogen) atoms. The first kappa shape index (κ1) is 7.17. The van der Waals surface area contributed by atoms with Gasteiger partial charge in [0.05, 0.1) is 5.70 Å². The smallest absolute Gasteiger partial charge is 0.253 e. The minimum atomic E-state index is -0.627. The molecule has 2 aliphatic heterocycles. The molecule has 1 amide bonds. The average Bonchev–Trinajstić information content (AvgIpc) is 2.47. The Kier molecular flexibility index (Phi) is 1.51. The van der Waals surface area contributed by atoms with Crippen LogP contribution in [0.3, 0.4) is 0 Å². The van der Waals surface area contributed by atoms with E-state index in [0.717, 1.165) is 11.3 Å². The van der Waals surface area contributed by atoms with E-state index in [2.05, 4.69) is 10.8 Å². The Balaban J connectivity index is 2.27.